The maximum atomic E-state index is 12.8. The van der Waals surface area contributed by atoms with Crippen molar-refractivity contribution in [1.29, 1.82) is 0 Å². The smallest absolute Gasteiger partial charge is 0.306 e. The van der Waals surface area contributed by atoms with Crippen LogP contribution >= 0.6 is 0 Å². The molecule has 0 aliphatic heterocycles. The van der Waals surface area contributed by atoms with Crippen molar-refractivity contribution in [1.82, 2.24) is 0 Å². The summed E-state index contributed by atoms with van der Waals surface area (Å²) in [6.45, 7) is 7.34. The van der Waals surface area contributed by atoms with Crippen LogP contribution in [0.3, 0.4) is 0 Å². The highest BCUT2D eigenvalue weighted by atomic mass is 16.6. The molecule has 0 fully saturated rings. The molecular weight excluding hydrogens is 789 g/mol. The van der Waals surface area contributed by atoms with Crippen LogP contribution in [0.5, 0.6) is 0 Å². The van der Waals surface area contributed by atoms with E-state index in [1.807, 2.05) is 0 Å². The first-order valence-electron chi connectivity index (χ1n) is 25.7. The summed E-state index contributed by atoms with van der Waals surface area (Å²) in [7, 11) is 0. The van der Waals surface area contributed by atoms with Gasteiger partial charge in [-0.1, -0.05) is 193 Å². The summed E-state index contributed by atoms with van der Waals surface area (Å²) >= 11 is 0. The number of ether oxygens (including phenoxy) is 3. The number of esters is 2. The molecule has 0 aromatic carbocycles. The molecule has 360 valence electrons. The molecule has 0 aliphatic rings. The fourth-order valence-electron chi connectivity index (χ4n) is 6.45. The van der Waals surface area contributed by atoms with Gasteiger partial charge in [0, 0.05) is 19.4 Å². The monoisotopic (exact) mass is 883 g/mol. The van der Waals surface area contributed by atoms with Gasteiger partial charge < -0.3 is 14.2 Å². The molecular formula is C59H94O5. The van der Waals surface area contributed by atoms with E-state index in [2.05, 4.69) is 154 Å². The van der Waals surface area contributed by atoms with E-state index in [4.69, 9.17) is 14.2 Å². The largest absolute Gasteiger partial charge is 0.462 e. The highest BCUT2D eigenvalue weighted by Crippen LogP contribution is 2.12. The van der Waals surface area contributed by atoms with Gasteiger partial charge in [-0.2, -0.15) is 0 Å². The molecule has 0 saturated heterocycles. The lowest BCUT2D eigenvalue weighted by Gasteiger charge is -2.18. The van der Waals surface area contributed by atoms with Crippen LogP contribution in [-0.4, -0.2) is 37.9 Å². The maximum absolute atomic E-state index is 12.8. The number of rotatable bonds is 45. The number of unbranched alkanes of at least 4 members (excludes halogenated alkanes) is 12. The molecule has 0 spiro atoms. The van der Waals surface area contributed by atoms with Crippen molar-refractivity contribution in [3.05, 3.63) is 134 Å². The molecule has 0 amide bonds. The lowest BCUT2D eigenvalue weighted by molar-refractivity contribution is -0.163. The zero-order valence-corrected chi connectivity index (χ0v) is 41.2. The van der Waals surface area contributed by atoms with Gasteiger partial charge in [-0.3, -0.25) is 9.59 Å². The predicted octanol–water partition coefficient (Wildman–Crippen LogP) is 17.6. The molecule has 0 rings (SSSR count). The van der Waals surface area contributed by atoms with Gasteiger partial charge in [0.15, 0.2) is 6.10 Å². The normalized spacial score (nSPS) is 13.4. The van der Waals surface area contributed by atoms with Gasteiger partial charge in [0.25, 0.3) is 0 Å². The van der Waals surface area contributed by atoms with Crippen LogP contribution < -0.4 is 0 Å². The molecule has 0 N–H and O–H groups in total. The molecule has 0 aromatic heterocycles. The third kappa shape index (κ3) is 50.7. The second-order valence-electron chi connectivity index (χ2n) is 16.3. The molecule has 64 heavy (non-hydrogen) atoms. The quantitative estimate of drug-likeness (QED) is 0.0346. The Hall–Kier alpha value is -3.96. The van der Waals surface area contributed by atoms with Crippen molar-refractivity contribution < 1.29 is 23.8 Å². The Kier molecular flexibility index (Phi) is 50.1. The number of hydrogen-bond acceptors (Lipinski definition) is 5. The summed E-state index contributed by atoms with van der Waals surface area (Å²) < 4.78 is 17.3. The van der Waals surface area contributed by atoms with Crippen LogP contribution in [0.1, 0.15) is 201 Å². The summed E-state index contributed by atoms with van der Waals surface area (Å²) in [6, 6.07) is 0. The van der Waals surface area contributed by atoms with Gasteiger partial charge in [0.05, 0.1) is 6.61 Å². The second-order valence-corrected chi connectivity index (χ2v) is 16.3. The van der Waals surface area contributed by atoms with Crippen LogP contribution in [0.2, 0.25) is 0 Å². The van der Waals surface area contributed by atoms with Crippen LogP contribution in [0.25, 0.3) is 0 Å². The number of hydrogen-bond donors (Lipinski definition) is 0. The highest BCUT2D eigenvalue weighted by molar-refractivity contribution is 5.70. The molecule has 0 heterocycles. The summed E-state index contributed by atoms with van der Waals surface area (Å²) in [4.78, 5) is 25.4. The first kappa shape index (κ1) is 60.0. The van der Waals surface area contributed by atoms with Crippen LogP contribution in [0, 0.1) is 0 Å². The average Bonchev–Trinajstić information content (AvgIpc) is 3.30. The second kappa shape index (κ2) is 53.4. The fourth-order valence-corrected chi connectivity index (χ4v) is 6.45. The number of allylic oxidation sites excluding steroid dienone is 22. The van der Waals surface area contributed by atoms with Gasteiger partial charge in [-0.25, -0.2) is 0 Å². The number of carbonyl (C=O) groups excluding carboxylic acids is 2. The molecule has 0 aliphatic carbocycles. The van der Waals surface area contributed by atoms with Gasteiger partial charge in [-0.05, 0) is 128 Å². The Balaban J connectivity index is 4.44. The zero-order chi connectivity index (χ0) is 46.3. The van der Waals surface area contributed by atoms with Crippen LogP contribution in [-0.2, 0) is 23.8 Å². The Morgan fingerprint density at radius 2 is 0.656 bits per heavy atom. The standard InChI is InChI=1S/C59H94O5/c1-4-7-10-13-16-19-22-25-28-30-32-34-37-40-43-46-49-52-58(60)63-56-57(55-62-54-51-48-45-42-39-36-33-29-26-23-20-17-14-11-8-5-2)64-59(61)53-50-47-44-41-38-35-31-27-24-21-18-15-12-9-6-3/h7-12,16-21,25-29,31,36,38-39,41,57H,4-6,13-15,22-24,30,32-35,37,40,42-56H2,1-3H3/b10-7-,11-8-,12-9-,19-16-,20-17-,21-18-,28-25-,29-26-,31-27-,39-36-,41-38-. The Bertz CT molecular complexity index is 1370. The van der Waals surface area contributed by atoms with Crippen molar-refractivity contribution in [2.24, 2.45) is 0 Å². The third-order valence-electron chi connectivity index (χ3n) is 10.2. The highest BCUT2D eigenvalue weighted by Gasteiger charge is 2.17. The average molecular weight is 883 g/mol. The molecule has 0 saturated carbocycles. The molecule has 5 nitrogen and oxygen atoms in total. The molecule has 1 atom stereocenters. The van der Waals surface area contributed by atoms with E-state index in [1.54, 1.807) is 0 Å². The minimum absolute atomic E-state index is 0.0411. The minimum atomic E-state index is -0.588. The zero-order valence-electron chi connectivity index (χ0n) is 41.2. The molecule has 5 heteroatoms. The van der Waals surface area contributed by atoms with Crippen LogP contribution in [0.4, 0.5) is 0 Å². The van der Waals surface area contributed by atoms with E-state index in [0.29, 0.717) is 19.4 Å². The molecule has 1 unspecified atom stereocenters. The third-order valence-corrected chi connectivity index (χ3v) is 10.2. The lowest BCUT2D eigenvalue weighted by atomic mass is 10.1. The Labute approximate surface area is 394 Å². The first-order valence-corrected chi connectivity index (χ1v) is 25.7. The van der Waals surface area contributed by atoms with E-state index in [-0.39, 0.29) is 25.2 Å². The van der Waals surface area contributed by atoms with Crippen molar-refractivity contribution in [2.75, 3.05) is 19.8 Å². The summed E-state index contributed by atoms with van der Waals surface area (Å²) in [5.74, 6) is -0.485. The van der Waals surface area contributed by atoms with Crippen molar-refractivity contribution in [3.8, 4) is 0 Å². The van der Waals surface area contributed by atoms with Gasteiger partial charge >= 0.3 is 11.9 Å². The molecule has 0 aromatic rings. The van der Waals surface area contributed by atoms with Gasteiger partial charge in [0.1, 0.15) is 6.61 Å². The summed E-state index contributed by atoms with van der Waals surface area (Å²) in [5, 5.41) is 0. The SMILES string of the molecule is CC/C=C\C/C=C\C/C=C\C/C=C\CCCCCOCC(COC(=O)CCCCCCCCC/C=C\C/C=C\C/C=C\CC)OC(=O)CCCC/C=C\C/C=C\C/C=C\C/C=C\CC. The predicted molar refractivity (Wildman–Crippen MR) is 278 cm³/mol. The van der Waals surface area contributed by atoms with E-state index in [9.17, 15) is 9.59 Å². The topological polar surface area (TPSA) is 61.8 Å². The number of carbonyl (C=O) groups is 2. The Morgan fingerprint density at radius 1 is 0.344 bits per heavy atom. The first-order chi connectivity index (χ1) is 31.6. The molecule has 0 radical (unpaired) electrons. The van der Waals surface area contributed by atoms with Gasteiger partial charge in [-0.15, -0.1) is 0 Å². The summed E-state index contributed by atoms with van der Waals surface area (Å²) in [6.07, 6.45) is 76.1. The Morgan fingerprint density at radius 3 is 1.08 bits per heavy atom. The summed E-state index contributed by atoms with van der Waals surface area (Å²) in [5.41, 5.74) is 0. The van der Waals surface area contributed by atoms with E-state index in [1.165, 1.54) is 25.7 Å². The van der Waals surface area contributed by atoms with Crippen molar-refractivity contribution in [2.45, 2.75) is 207 Å². The fraction of sp³-hybridized carbons (Fsp3) is 0.593. The van der Waals surface area contributed by atoms with E-state index >= 15 is 0 Å². The van der Waals surface area contributed by atoms with E-state index < -0.39 is 6.10 Å². The lowest BCUT2D eigenvalue weighted by Crippen LogP contribution is -2.30. The van der Waals surface area contributed by atoms with Gasteiger partial charge in [0.2, 0.25) is 0 Å². The maximum Gasteiger partial charge on any atom is 0.306 e. The van der Waals surface area contributed by atoms with Crippen molar-refractivity contribution >= 4 is 11.9 Å². The minimum Gasteiger partial charge on any atom is -0.462 e. The molecule has 0 bridgehead atoms. The van der Waals surface area contributed by atoms with Crippen LogP contribution in [0.15, 0.2) is 134 Å². The van der Waals surface area contributed by atoms with E-state index in [0.717, 1.165) is 141 Å². The van der Waals surface area contributed by atoms with Crippen molar-refractivity contribution in [3.63, 3.8) is 0 Å².